The first-order chi connectivity index (χ1) is 8.18. The lowest BCUT2D eigenvalue weighted by Crippen LogP contribution is -2.44. The molecule has 1 saturated carbocycles. The van der Waals surface area contributed by atoms with E-state index in [4.69, 9.17) is 5.73 Å². The minimum Gasteiger partial charge on any atom is -0.368 e. The molecule has 2 rings (SSSR count). The summed E-state index contributed by atoms with van der Waals surface area (Å²) in [6.45, 7) is 1.83. The van der Waals surface area contributed by atoms with Crippen LogP contribution in [0.3, 0.4) is 0 Å². The molecular formula is C14H20N2O. The van der Waals surface area contributed by atoms with Gasteiger partial charge in [0.2, 0.25) is 5.91 Å². The first-order valence-electron chi connectivity index (χ1n) is 6.29. The summed E-state index contributed by atoms with van der Waals surface area (Å²) < 4.78 is 0. The predicted molar refractivity (Wildman–Crippen MR) is 68.3 cm³/mol. The Morgan fingerprint density at radius 1 is 1.35 bits per heavy atom. The fourth-order valence-corrected chi connectivity index (χ4v) is 2.29. The summed E-state index contributed by atoms with van der Waals surface area (Å²) in [5.41, 5.74) is 6.58. The number of hydrogen-bond acceptors (Lipinski definition) is 2. The van der Waals surface area contributed by atoms with E-state index in [1.54, 1.807) is 0 Å². The van der Waals surface area contributed by atoms with Crippen LogP contribution in [0, 0.1) is 5.92 Å². The van der Waals surface area contributed by atoms with Gasteiger partial charge in [0.1, 0.15) is 0 Å². The SMILES string of the molecule is C[C@H](N[C@H](c1ccccc1)C1CCC1)C(N)=O. The molecule has 1 aliphatic rings. The van der Waals surface area contributed by atoms with Gasteiger partial charge in [-0.1, -0.05) is 36.8 Å². The van der Waals surface area contributed by atoms with Gasteiger partial charge in [0, 0.05) is 6.04 Å². The molecule has 3 nitrogen and oxygen atoms in total. The van der Waals surface area contributed by atoms with Crippen LogP contribution >= 0.6 is 0 Å². The first-order valence-corrected chi connectivity index (χ1v) is 6.29. The second kappa shape index (κ2) is 5.32. The lowest BCUT2D eigenvalue weighted by Gasteiger charge is -2.36. The average Bonchev–Trinajstić information content (AvgIpc) is 2.26. The normalized spacial score (nSPS) is 19.4. The van der Waals surface area contributed by atoms with Gasteiger partial charge in [0.05, 0.1) is 6.04 Å². The van der Waals surface area contributed by atoms with E-state index in [1.165, 1.54) is 24.8 Å². The van der Waals surface area contributed by atoms with Crippen LogP contribution in [-0.2, 0) is 4.79 Å². The molecular weight excluding hydrogens is 212 g/mol. The Kier molecular flexibility index (Phi) is 3.79. The Bertz CT molecular complexity index is 373. The van der Waals surface area contributed by atoms with E-state index in [9.17, 15) is 4.79 Å². The number of nitrogens with one attached hydrogen (secondary N) is 1. The summed E-state index contributed by atoms with van der Waals surface area (Å²) in [5.74, 6) is 0.351. The van der Waals surface area contributed by atoms with Crippen LogP contribution in [0.25, 0.3) is 0 Å². The molecule has 0 saturated heterocycles. The molecule has 0 aliphatic heterocycles. The fraction of sp³-hybridized carbons (Fsp3) is 0.500. The molecule has 0 aromatic heterocycles. The largest absolute Gasteiger partial charge is 0.368 e. The maximum Gasteiger partial charge on any atom is 0.234 e. The van der Waals surface area contributed by atoms with E-state index in [0.717, 1.165) is 0 Å². The van der Waals surface area contributed by atoms with E-state index in [-0.39, 0.29) is 18.0 Å². The Balaban J connectivity index is 2.11. The van der Waals surface area contributed by atoms with E-state index >= 15 is 0 Å². The van der Waals surface area contributed by atoms with Gasteiger partial charge in [-0.05, 0) is 31.2 Å². The highest BCUT2D eigenvalue weighted by molar-refractivity contribution is 5.79. The Labute approximate surface area is 102 Å². The lowest BCUT2D eigenvalue weighted by molar-refractivity contribution is -0.120. The molecule has 0 unspecified atom stereocenters. The second-order valence-corrected chi connectivity index (χ2v) is 4.87. The van der Waals surface area contributed by atoms with Gasteiger partial charge >= 0.3 is 0 Å². The van der Waals surface area contributed by atoms with Crippen LogP contribution in [0.2, 0.25) is 0 Å². The van der Waals surface area contributed by atoms with Crippen molar-refractivity contribution >= 4 is 5.91 Å². The smallest absolute Gasteiger partial charge is 0.234 e. The number of amides is 1. The third-order valence-electron chi connectivity index (χ3n) is 3.64. The van der Waals surface area contributed by atoms with Crippen LogP contribution in [0.15, 0.2) is 30.3 Å². The Morgan fingerprint density at radius 3 is 2.47 bits per heavy atom. The minimum absolute atomic E-state index is 0.257. The number of carbonyl (C=O) groups excluding carboxylic acids is 1. The molecule has 0 bridgehead atoms. The molecule has 1 fully saturated rings. The molecule has 3 heteroatoms. The van der Waals surface area contributed by atoms with Crippen LogP contribution in [0.1, 0.15) is 37.8 Å². The van der Waals surface area contributed by atoms with Gasteiger partial charge in [-0.15, -0.1) is 0 Å². The zero-order valence-electron chi connectivity index (χ0n) is 10.2. The molecule has 0 spiro atoms. The van der Waals surface area contributed by atoms with Gasteiger partial charge in [0.15, 0.2) is 0 Å². The molecule has 92 valence electrons. The van der Waals surface area contributed by atoms with Crippen molar-refractivity contribution in [3.05, 3.63) is 35.9 Å². The standard InChI is InChI=1S/C14H20N2O/c1-10(14(15)17)16-13(12-8-5-9-12)11-6-3-2-4-7-11/h2-4,6-7,10,12-13,16H,5,8-9H2,1H3,(H2,15,17)/t10-,13+/m0/s1. The number of carbonyl (C=O) groups is 1. The molecule has 3 N–H and O–H groups in total. The van der Waals surface area contributed by atoms with E-state index in [1.807, 2.05) is 25.1 Å². The summed E-state index contributed by atoms with van der Waals surface area (Å²) in [5, 5.41) is 3.36. The predicted octanol–water partition coefficient (Wildman–Crippen LogP) is 1.99. The number of primary amides is 1. The van der Waals surface area contributed by atoms with Gasteiger partial charge in [-0.2, -0.15) is 0 Å². The number of nitrogens with two attached hydrogens (primary N) is 1. The average molecular weight is 232 g/mol. The maximum atomic E-state index is 11.2. The highest BCUT2D eigenvalue weighted by atomic mass is 16.1. The van der Waals surface area contributed by atoms with Crippen molar-refractivity contribution in [1.82, 2.24) is 5.32 Å². The molecule has 1 amide bonds. The van der Waals surface area contributed by atoms with Gasteiger partial charge in [-0.3, -0.25) is 10.1 Å². The molecule has 0 radical (unpaired) electrons. The molecule has 1 aromatic rings. The molecule has 1 aliphatic carbocycles. The summed E-state index contributed by atoms with van der Waals surface area (Å²) in [6, 6.07) is 10.3. The van der Waals surface area contributed by atoms with Crippen LogP contribution in [0.4, 0.5) is 0 Å². The molecule has 0 heterocycles. The number of hydrogen-bond donors (Lipinski definition) is 2. The van der Waals surface area contributed by atoms with Crippen LogP contribution in [0.5, 0.6) is 0 Å². The third kappa shape index (κ3) is 2.86. The topological polar surface area (TPSA) is 55.1 Å². The fourth-order valence-electron chi connectivity index (χ4n) is 2.29. The quantitative estimate of drug-likeness (QED) is 0.815. The van der Waals surface area contributed by atoms with Crippen molar-refractivity contribution < 1.29 is 4.79 Å². The lowest BCUT2D eigenvalue weighted by atomic mass is 9.77. The van der Waals surface area contributed by atoms with Crippen molar-refractivity contribution in [3.8, 4) is 0 Å². The summed E-state index contributed by atoms with van der Waals surface area (Å²) in [7, 11) is 0. The zero-order valence-corrected chi connectivity index (χ0v) is 10.2. The van der Waals surface area contributed by atoms with Crippen molar-refractivity contribution in [2.75, 3.05) is 0 Å². The summed E-state index contributed by atoms with van der Waals surface area (Å²) in [6.07, 6.45) is 3.76. The second-order valence-electron chi connectivity index (χ2n) is 4.87. The zero-order chi connectivity index (χ0) is 12.3. The first kappa shape index (κ1) is 12.1. The minimum atomic E-state index is -0.287. The van der Waals surface area contributed by atoms with Crippen molar-refractivity contribution in [3.63, 3.8) is 0 Å². The monoisotopic (exact) mass is 232 g/mol. The van der Waals surface area contributed by atoms with E-state index in [0.29, 0.717) is 5.92 Å². The molecule has 2 atom stereocenters. The maximum absolute atomic E-state index is 11.2. The summed E-state index contributed by atoms with van der Waals surface area (Å²) in [4.78, 5) is 11.2. The highest BCUT2D eigenvalue weighted by Gasteiger charge is 2.29. The van der Waals surface area contributed by atoms with Crippen molar-refractivity contribution in [1.29, 1.82) is 0 Å². The number of rotatable bonds is 5. The summed E-state index contributed by atoms with van der Waals surface area (Å²) >= 11 is 0. The number of benzene rings is 1. The van der Waals surface area contributed by atoms with Gasteiger partial charge in [0.25, 0.3) is 0 Å². The Hall–Kier alpha value is -1.35. The Morgan fingerprint density at radius 2 is 2.00 bits per heavy atom. The van der Waals surface area contributed by atoms with Crippen LogP contribution in [-0.4, -0.2) is 11.9 Å². The van der Waals surface area contributed by atoms with Gasteiger partial charge in [-0.25, -0.2) is 0 Å². The van der Waals surface area contributed by atoms with Crippen LogP contribution < -0.4 is 11.1 Å². The third-order valence-corrected chi connectivity index (χ3v) is 3.64. The van der Waals surface area contributed by atoms with Crippen molar-refractivity contribution in [2.24, 2.45) is 11.7 Å². The highest BCUT2D eigenvalue weighted by Crippen LogP contribution is 2.37. The molecule has 1 aromatic carbocycles. The van der Waals surface area contributed by atoms with E-state index in [2.05, 4.69) is 17.4 Å². The van der Waals surface area contributed by atoms with Gasteiger partial charge < -0.3 is 5.73 Å². The van der Waals surface area contributed by atoms with E-state index < -0.39 is 0 Å². The van der Waals surface area contributed by atoms with Crippen molar-refractivity contribution in [2.45, 2.75) is 38.3 Å². The molecule has 17 heavy (non-hydrogen) atoms.